The summed E-state index contributed by atoms with van der Waals surface area (Å²) in [6, 6.07) is 18.1. The topological polar surface area (TPSA) is 122 Å². The Morgan fingerprint density at radius 3 is 1.35 bits per heavy atom. The van der Waals surface area contributed by atoms with Crippen LogP contribution < -0.4 is 10.6 Å². The number of ether oxygens (including phenoxy) is 1. The van der Waals surface area contributed by atoms with Crippen LogP contribution in [0.1, 0.15) is 41.4 Å². The minimum Gasteiger partial charge on any atom is -0.478 e. The van der Waals surface area contributed by atoms with Crippen molar-refractivity contribution in [1.82, 2.24) is 0 Å². The van der Waals surface area contributed by atoms with Crippen LogP contribution in [-0.4, -0.2) is 36.0 Å². The van der Waals surface area contributed by atoms with E-state index in [0.29, 0.717) is 28.1 Å². The third-order valence-corrected chi connectivity index (χ3v) is 4.36. The second-order valence-corrected chi connectivity index (χ2v) is 6.44. The quantitative estimate of drug-likeness (QED) is 0.525. The Morgan fingerprint density at radius 2 is 0.968 bits per heavy atom. The first-order valence-corrected chi connectivity index (χ1v) is 9.12. The lowest BCUT2D eigenvalue weighted by Gasteiger charge is -2.08. The fraction of sp³-hybridized carbons (Fsp3) is 0.0435. The van der Waals surface area contributed by atoms with Gasteiger partial charge in [-0.05, 0) is 72.8 Å². The monoisotopic (exact) mass is 418 g/mol. The zero-order valence-corrected chi connectivity index (χ0v) is 16.4. The number of hydrogen-bond donors (Lipinski definition) is 3. The predicted molar refractivity (Wildman–Crippen MR) is 114 cm³/mol. The zero-order valence-electron chi connectivity index (χ0n) is 16.4. The van der Waals surface area contributed by atoms with Crippen molar-refractivity contribution < 1.29 is 29.0 Å². The van der Waals surface area contributed by atoms with Gasteiger partial charge in [0.15, 0.2) is 0 Å². The minimum absolute atomic E-state index is 0.123. The van der Waals surface area contributed by atoms with Gasteiger partial charge in [0.1, 0.15) is 0 Å². The van der Waals surface area contributed by atoms with E-state index in [1.54, 1.807) is 24.3 Å². The van der Waals surface area contributed by atoms with E-state index in [2.05, 4.69) is 15.4 Å². The number of carbonyl (C=O) groups is 4. The Balaban J connectivity index is 1.61. The SMILES string of the molecule is COC(=O)c1ccc(C(=O)Nc2ccc(C(=O)Nc3ccc(C(=O)O)cc3)cc2)cc1. The van der Waals surface area contributed by atoms with Gasteiger partial charge in [0.25, 0.3) is 11.8 Å². The van der Waals surface area contributed by atoms with Gasteiger partial charge in [-0.15, -0.1) is 0 Å². The fourth-order valence-electron chi connectivity index (χ4n) is 2.68. The molecule has 8 heteroatoms. The van der Waals surface area contributed by atoms with Gasteiger partial charge in [-0.25, -0.2) is 9.59 Å². The first-order chi connectivity index (χ1) is 14.9. The number of anilines is 2. The van der Waals surface area contributed by atoms with Crippen molar-refractivity contribution in [2.24, 2.45) is 0 Å². The molecule has 8 nitrogen and oxygen atoms in total. The van der Waals surface area contributed by atoms with E-state index in [-0.39, 0.29) is 17.4 Å². The van der Waals surface area contributed by atoms with Crippen molar-refractivity contribution in [1.29, 1.82) is 0 Å². The molecular formula is C23H18N2O6. The van der Waals surface area contributed by atoms with Gasteiger partial charge in [0.2, 0.25) is 0 Å². The lowest BCUT2D eigenvalue weighted by molar-refractivity contribution is 0.0599. The highest BCUT2D eigenvalue weighted by Crippen LogP contribution is 2.15. The average Bonchev–Trinajstić information content (AvgIpc) is 2.79. The summed E-state index contributed by atoms with van der Waals surface area (Å²) in [5.41, 5.74) is 2.14. The zero-order chi connectivity index (χ0) is 22.4. The summed E-state index contributed by atoms with van der Waals surface area (Å²) < 4.78 is 4.62. The lowest BCUT2D eigenvalue weighted by atomic mass is 10.1. The van der Waals surface area contributed by atoms with Crippen molar-refractivity contribution in [3.63, 3.8) is 0 Å². The molecule has 3 rings (SSSR count). The smallest absolute Gasteiger partial charge is 0.337 e. The highest BCUT2D eigenvalue weighted by molar-refractivity contribution is 6.06. The van der Waals surface area contributed by atoms with E-state index in [1.165, 1.54) is 55.6 Å². The molecule has 0 unspecified atom stereocenters. The molecule has 0 spiro atoms. The standard InChI is InChI=1S/C23H18N2O6/c1-31-23(30)17-4-2-14(3-5-17)20(26)24-18-10-6-15(7-11-18)21(27)25-19-12-8-16(9-13-19)22(28)29/h2-13H,1H3,(H,24,26)(H,25,27)(H,28,29). The summed E-state index contributed by atoms with van der Waals surface area (Å²) >= 11 is 0. The van der Waals surface area contributed by atoms with E-state index in [0.717, 1.165) is 0 Å². The normalized spacial score (nSPS) is 10.1. The molecule has 0 fully saturated rings. The summed E-state index contributed by atoms with van der Waals surface area (Å²) in [7, 11) is 1.28. The first kappa shape index (κ1) is 21.3. The lowest BCUT2D eigenvalue weighted by Crippen LogP contribution is -2.14. The van der Waals surface area contributed by atoms with Crippen LogP contribution in [0.2, 0.25) is 0 Å². The Kier molecular flexibility index (Phi) is 6.42. The number of carboxylic acid groups (broad SMARTS) is 1. The summed E-state index contributed by atoms with van der Waals surface area (Å²) in [6.45, 7) is 0. The molecule has 0 aliphatic heterocycles. The summed E-state index contributed by atoms with van der Waals surface area (Å²) in [4.78, 5) is 47.0. The average molecular weight is 418 g/mol. The van der Waals surface area contributed by atoms with Crippen LogP contribution in [0.3, 0.4) is 0 Å². The molecule has 3 aromatic carbocycles. The first-order valence-electron chi connectivity index (χ1n) is 9.12. The predicted octanol–water partition coefficient (Wildman–Crippen LogP) is 3.68. The van der Waals surface area contributed by atoms with Crippen LogP contribution in [0.5, 0.6) is 0 Å². The minimum atomic E-state index is -1.05. The third kappa shape index (κ3) is 5.33. The molecule has 0 aliphatic carbocycles. The number of esters is 1. The molecule has 3 N–H and O–H groups in total. The number of carbonyl (C=O) groups excluding carboxylic acids is 3. The number of carboxylic acids is 1. The van der Waals surface area contributed by atoms with Crippen molar-refractivity contribution in [2.75, 3.05) is 17.7 Å². The van der Waals surface area contributed by atoms with Crippen LogP contribution >= 0.6 is 0 Å². The van der Waals surface area contributed by atoms with Gasteiger partial charge in [-0.2, -0.15) is 0 Å². The second-order valence-electron chi connectivity index (χ2n) is 6.44. The molecule has 0 radical (unpaired) electrons. The van der Waals surface area contributed by atoms with E-state index < -0.39 is 11.9 Å². The number of methoxy groups -OCH3 is 1. The van der Waals surface area contributed by atoms with Crippen molar-refractivity contribution in [2.45, 2.75) is 0 Å². The molecule has 0 saturated heterocycles. The van der Waals surface area contributed by atoms with Gasteiger partial charge in [0, 0.05) is 22.5 Å². The molecule has 0 aliphatic rings. The van der Waals surface area contributed by atoms with Crippen LogP contribution in [0, 0.1) is 0 Å². The van der Waals surface area contributed by atoms with Crippen LogP contribution in [0.15, 0.2) is 72.8 Å². The largest absolute Gasteiger partial charge is 0.478 e. The van der Waals surface area contributed by atoms with Crippen molar-refractivity contribution >= 4 is 35.1 Å². The molecule has 156 valence electrons. The van der Waals surface area contributed by atoms with Gasteiger partial charge in [-0.1, -0.05) is 0 Å². The van der Waals surface area contributed by atoms with Crippen LogP contribution in [0.4, 0.5) is 11.4 Å². The number of hydrogen-bond acceptors (Lipinski definition) is 5. The Labute approximate surface area is 177 Å². The molecule has 31 heavy (non-hydrogen) atoms. The second kappa shape index (κ2) is 9.36. The van der Waals surface area contributed by atoms with Crippen LogP contribution in [-0.2, 0) is 4.74 Å². The van der Waals surface area contributed by atoms with Crippen molar-refractivity contribution in [3.05, 3.63) is 95.1 Å². The van der Waals surface area contributed by atoms with E-state index >= 15 is 0 Å². The number of amides is 2. The van der Waals surface area contributed by atoms with E-state index in [4.69, 9.17) is 5.11 Å². The molecule has 3 aromatic rings. The van der Waals surface area contributed by atoms with E-state index in [1.807, 2.05) is 0 Å². The summed E-state index contributed by atoms with van der Waals surface area (Å²) in [5.74, 6) is -2.28. The molecule has 0 bridgehead atoms. The van der Waals surface area contributed by atoms with Crippen molar-refractivity contribution in [3.8, 4) is 0 Å². The Hall–Kier alpha value is -4.46. The Bertz CT molecular complexity index is 1120. The number of nitrogens with one attached hydrogen (secondary N) is 2. The molecule has 2 amide bonds. The van der Waals surface area contributed by atoms with Crippen LogP contribution in [0.25, 0.3) is 0 Å². The summed E-state index contributed by atoms with van der Waals surface area (Å²) in [6.07, 6.45) is 0. The fourth-order valence-corrected chi connectivity index (χ4v) is 2.68. The highest BCUT2D eigenvalue weighted by Gasteiger charge is 2.11. The molecular weight excluding hydrogens is 400 g/mol. The van der Waals surface area contributed by atoms with Gasteiger partial charge >= 0.3 is 11.9 Å². The number of aromatic carboxylic acids is 1. The van der Waals surface area contributed by atoms with Gasteiger partial charge in [0.05, 0.1) is 18.2 Å². The maximum absolute atomic E-state index is 12.4. The van der Waals surface area contributed by atoms with Gasteiger partial charge in [-0.3, -0.25) is 9.59 Å². The molecule has 0 atom stereocenters. The molecule has 0 aromatic heterocycles. The number of rotatable bonds is 6. The van der Waals surface area contributed by atoms with Gasteiger partial charge < -0.3 is 20.5 Å². The maximum Gasteiger partial charge on any atom is 0.337 e. The van der Waals surface area contributed by atoms with E-state index in [9.17, 15) is 19.2 Å². The molecule has 0 heterocycles. The number of benzene rings is 3. The summed E-state index contributed by atoms with van der Waals surface area (Å²) in [5, 5.41) is 14.3. The molecule has 0 saturated carbocycles. The highest BCUT2D eigenvalue weighted by atomic mass is 16.5. The Morgan fingerprint density at radius 1 is 0.613 bits per heavy atom. The third-order valence-electron chi connectivity index (χ3n) is 4.36. The maximum atomic E-state index is 12.4.